The smallest absolute Gasteiger partial charge is 0.325 e. The molecule has 0 radical (unpaired) electrons. The number of hydrogen-bond acceptors (Lipinski definition) is 6. The average Bonchev–Trinajstić information content (AvgIpc) is 3.15. The van der Waals surface area contributed by atoms with Crippen LogP contribution in [0, 0.1) is 40.4 Å². The highest BCUT2D eigenvalue weighted by Gasteiger charge is 2.67. The zero-order valence-electron chi connectivity index (χ0n) is 21.4. The molecule has 10 atom stereocenters. The van der Waals surface area contributed by atoms with Gasteiger partial charge >= 0.3 is 5.97 Å². The summed E-state index contributed by atoms with van der Waals surface area (Å²) in [6, 6.07) is 0. The normalized spacial score (nSPS) is 46.6. The lowest BCUT2D eigenvalue weighted by molar-refractivity contribution is -0.264. The fourth-order valence-electron chi connectivity index (χ4n) is 9.13. The molecule has 4 saturated carbocycles. The zero-order valence-corrected chi connectivity index (χ0v) is 21.4. The van der Waals surface area contributed by atoms with E-state index in [4.69, 9.17) is 0 Å². The fraction of sp³-hybridized carbons (Fsp3) is 0.926. The number of aliphatic hydroxyl groups is 3. The fourth-order valence-corrected chi connectivity index (χ4v) is 9.13. The number of nitrogens with one attached hydrogen (secondary N) is 1. The Balaban J connectivity index is 1.43. The van der Waals surface area contributed by atoms with Crippen molar-refractivity contribution in [3.8, 4) is 0 Å². The van der Waals surface area contributed by atoms with Crippen LogP contribution in [0.25, 0.3) is 0 Å². The van der Waals surface area contributed by atoms with Crippen molar-refractivity contribution in [3.63, 3.8) is 0 Å². The molecule has 4 aliphatic carbocycles. The molecule has 4 aliphatic rings. The third kappa shape index (κ3) is 4.09. The van der Waals surface area contributed by atoms with Crippen molar-refractivity contribution in [2.75, 3.05) is 13.7 Å². The molecular formula is C27H45NO6. The van der Waals surface area contributed by atoms with Crippen molar-refractivity contribution >= 4 is 11.9 Å². The van der Waals surface area contributed by atoms with Crippen molar-refractivity contribution < 1.29 is 29.6 Å². The van der Waals surface area contributed by atoms with Gasteiger partial charge in [0.15, 0.2) is 0 Å². The predicted octanol–water partition coefficient (Wildman–Crippen LogP) is 2.80. The Morgan fingerprint density at radius 1 is 1.09 bits per heavy atom. The number of fused-ring (bicyclic) bond motifs is 5. The summed E-state index contributed by atoms with van der Waals surface area (Å²) in [7, 11) is 1.31. The Kier molecular flexibility index (Phi) is 7.13. The topological polar surface area (TPSA) is 116 Å². The Labute approximate surface area is 204 Å². The lowest BCUT2D eigenvalue weighted by Gasteiger charge is -2.65. The summed E-state index contributed by atoms with van der Waals surface area (Å²) in [5, 5.41) is 35.7. The van der Waals surface area contributed by atoms with Crippen molar-refractivity contribution in [1.29, 1.82) is 0 Å². The molecule has 0 heterocycles. The number of amides is 1. The van der Waals surface area contributed by atoms with Crippen LogP contribution in [-0.2, 0) is 14.3 Å². The van der Waals surface area contributed by atoms with Gasteiger partial charge in [-0.3, -0.25) is 9.59 Å². The lowest BCUT2D eigenvalue weighted by Crippen LogP contribution is -2.68. The van der Waals surface area contributed by atoms with Crippen molar-refractivity contribution in [2.45, 2.75) is 103 Å². The molecule has 4 fully saturated rings. The maximum Gasteiger partial charge on any atom is 0.325 e. The monoisotopic (exact) mass is 479 g/mol. The van der Waals surface area contributed by atoms with Gasteiger partial charge in [0.05, 0.1) is 24.9 Å². The number of carbonyl (C=O) groups is 2. The van der Waals surface area contributed by atoms with Gasteiger partial charge in [-0.15, -0.1) is 0 Å². The number of hydrogen-bond donors (Lipinski definition) is 4. The van der Waals surface area contributed by atoms with Crippen LogP contribution in [0.3, 0.4) is 0 Å². The summed E-state index contributed by atoms with van der Waals surface area (Å²) in [6.45, 7) is 6.78. The van der Waals surface area contributed by atoms with Gasteiger partial charge in [-0.2, -0.15) is 0 Å². The molecule has 0 bridgehead atoms. The van der Waals surface area contributed by atoms with Crippen LogP contribution in [0.1, 0.15) is 85.0 Å². The second kappa shape index (κ2) is 9.36. The van der Waals surface area contributed by atoms with Gasteiger partial charge in [0.2, 0.25) is 5.91 Å². The molecule has 0 aromatic carbocycles. The van der Waals surface area contributed by atoms with E-state index in [9.17, 15) is 24.9 Å². The Morgan fingerprint density at radius 2 is 1.82 bits per heavy atom. The largest absolute Gasteiger partial charge is 0.468 e. The molecule has 0 aromatic heterocycles. The summed E-state index contributed by atoms with van der Waals surface area (Å²) in [5.74, 6) is 1.69. The number of esters is 1. The average molecular weight is 480 g/mol. The Bertz CT molecular complexity index is 789. The van der Waals surface area contributed by atoms with Crippen LogP contribution >= 0.6 is 0 Å². The van der Waals surface area contributed by atoms with Gasteiger partial charge in [0.1, 0.15) is 6.54 Å². The molecule has 0 aliphatic heterocycles. The zero-order chi connectivity index (χ0) is 24.9. The minimum Gasteiger partial charge on any atom is -0.468 e. The minimum absolute atomic E-state index is 0.0829. The van der Waals surface area contributed by atoms with Crippen LogP contribution in [0.15, 0.2) is 0 Å². The van der Waals surface area contributed by atoms with Crippen LogP contribution in [0.2, 0.25) is 0 Å². The van der Waals surface area contributed by atoms with E-state index < -0.39 is 23.8 Å². The van der Waals surface area contributed by atoms with E-state index in [0.717, 1.165) is 38.5 Å². The van der Waals surface area contributed by atoms with Crippen LogP contribution in [0.5, 0.6) is 0 Å². The Morgan fingerprint density at radius 3 is 2.53 bits per heavy atom. The molecule has 4 N–H and O–H groups in total. The molecule has 34 heavy (non-hydrogen) atoms. The van der Waals surface area contributed by atoms with E-state index in [1.54, 1.807) is 0 Å². The first kappa shape index (κ1) is 25.9. The van der Waals surface area contributed by atoms with Gasteiger partial charge in [-0.05, 0) is 86.4 Å². The molecule has 3 unspecified atom stereocenters. The van der Waals surface area contributed by atoms with E-state index in [2.05, 4.69) is 30.8 Å². The SMILES string of the molecule is COC(=O)CNC(=O)CC[C@@H](C)[C@H]1CCC2C3C[C@@H](O)[C@@]4(O)C[C@@H](O)CC[C@]4(C)C3CC[C@@]21C. The van der Waals surface area contributed by atoms with Crippen LogP contribution < -0.4 is 5.32 Å². The first-order valence-electron chi connectivity index (χ1n) is 13.4. The lowest BCUT2D eigenvalue weighted by atomic mass is 9.42. The van der Waals surface area contributed by atoms with Gasteiger partial charge in [0.25, 0.3) is 0 Å². The molecule has 194 valence electrons. The van der Waals surface area contributed by atoms with E-state index in [1.807, 2.05) is 0 Å². The number of rotatable bonds is 6. The third-order valence-electron chi connectivity index (χ3n) is 11.1. The van der Waals surface area contributed by atoms with E-state index >= 15 is 0 Å². The number of ether oxygens (including phenoxy) is 1. The van der Waals surface area contributed by atoms with Crippen molar-refractivity contribution in [1.82, 2.24) is 5.32 Å². The summed E-state index contributed by atoms with van der Waals surface area (Å²) >= 11 is 0. The minimum atomic E-state index is -1.19. The quantitative estimate of drug-likeness (QED) is 0.436. The first-order valence-corrected chi connectivity index (χ1v) is 13.4. The summed E-state index contributed by atoms with van der Waals surface area (Å²) in [4.78, 5) is 23.5. The second-order valence-corrected chi connectivity index (χ2v) is 12.5. The van der Waals surface area contributed by atoms with Crippen LogP contribution in [-0.4, -0.2) is 58.7 Å². The molecule has 0 saturated heterocycles. The molecule has 1 amide bonds. The maximum absolute atomic E-state index is 12.2. The predicted molar refractivity (Wildman–Crippen MR) is 127 cm³/mol. The van der Waals surface area contributed by atoms with E-state index in [0.29, 0.717) is 48.9 Å². The van der Waals surface area contributed by atoms with E-state index in [-0.39, 0.29) is 29.7 Å². The second-order valence-electron chi connectivity index (χ2n) is 12.5. The summed E-state index contributed by atoms with van der Waals surface area (Å²) < 4.78 is 4.58. The van der Waals surface area contributed by atoms with Gasteiger partial charge < -0.3 is 25.4 Å². The molecule has 7 nitrogen and oxygen atoms in total. The van der Waals surface area contributed by atoms with Gasteiger partial charge in [-0.1, -0.05) is 20.8 Å². The van der Waals surface area contributed by atoms with E-state index in [1.165, 1.54) is 7.11 Å². The molecule has 4 rings (SSSR count). The van der Waals surface area contributed by atoms with Gasteiger partial charge in [0, 0.05) is 18.3 Å². The molecule has 0 aromatic rings. The molecule has 0 spiro atoms. The summed E-state index contributed by atoms with van der Waals surface area (Å²) in [6.07, 6.45) is 6.74. The highest BCUT2D eigenvalue weighted by atomic mass is 16.5. The summed E-state index contributed by atoms with van der Waals surface area (Å²) in [5.41, 5.74) is -1.36. The molecule has 7 heteroatoms. The van der Waals surface area contributed by atoms with Gasteiger partial charge in [-0.25, -0.2) is 0 Å². The highest BCUT2D eigenvalue weighted by Crippen LogP contribution is 2.69. The van der Waals surface area contributed by atoms with Crippen molar-refractivity contribution in [2.24, 2.45) is 40.4 Å². The highest BCUT2D eigenvalue weighted by molar-refractivity contribution is 5.81. The number of methoxy groups -OCH3 is 1. The first-order chi connectivity index (χ1) is 16.0. The number of carbonyl (C=O) groups excluding carboxylic acids is 2. The number of aliphatic hydroxyl groups excluding tert-OH is 2. The molecular weight excluding hydrogens is 434 g/mol. The third-order valence-corrected chi connectivity index (χ3v) is 11.1. The van der Waals surface area contributed by atoms with Crippen LogP contribution in [0.4, 0.5) is 0 Å². The standard InChI is InChI=1S/C27H45NO6/c1-16(5-8-23(31)28-15-24(32)34-4)19-6-7-20-18-13-22(30)27(33)14-17(29)9-12-26(27,3)21(18)10-11-25(19,20)2/h16-22,29-30,33H,5-15H2,1-4H3,(H,28,31)/t16-,17+,18?,19-,20?,21?,22-,25-,26-,27+/m1/s1. The maximum atomic E-state index is 12.2. The van der Waals surface area contributed by atoms with Crippen molar-refractivity contribution in [3.05, 3.63) is 0 Å². The Hall–Kier alpha value is -1.18.